The van der Waals surface area contributed by atoms with Crippen LogP contribution >= 0.6 is 0 Å². The van der Waals surface area contributed by atoms with E-state index in [1.807, 2.05) is 0 Å². The molecule has 0 radical (unpaired) electrons. The Morgan fingerprint density at radius 2 is 1.15 bits per heavy atom. The third-order valence-electron chi connectivity index (χ3n) is 4.48. The Bertz CT molecular complexity index is 190. The second kappa shape index (κ2) is 13.9. The highest BCUT2D eigenvalue weighted by molar-refractivity contribution is 4.77. The minimum atomic E-state index is -0.488. The molecular formula is C18H39NO. The molecule has 2 heteroatoms. The third-order valence-corrected chi connectivity index (χ3v) is 4.48. The first-order valence-corrected chi connectivity index (χ1v) is 9.11. The van der Waals surface area contributed by atoms with Crippen molar-refractivity contribution < 1.29 is 5.11 Å². The third kappa shape index (κ3) is 11.7. The van der Waals surface area contributed by atoms with Gasteiger partial charge in [-0.3, -0.25) is 0 Å². The molecule has 0 aliphatic rings. The van der Waals surface area contributed by atoms with Crippen LogP contribution in [-0.2, 0) is 0 Å². The molecule has 0 aliphatic carbocycles. The van der Waals surface area contributed by atoms with Gasteiger partial charge in [-0.25, -0.2) is 0 Å². The van der Waals surface area contributed by atoms with Gasteiger partial charge in [-0.1, -0.05) is 78.6 Å². The summed E-state index contributed by atoms with van der Waals surface area (Å²) in [6.07, 6.45) is 15.5. The summed E-state index contributed by atoms with van der Waals surface area (Å²) < 4.78 is 0. The predicted octanol–water partition coefficient (Wildman–Crippen LogP) is 5.05. The number of hydrogen-bond acceptors (Lipinski definition) is 2. The fraction of sp³-hybridized carbons (Fsp3) is 1.00. The average molecular weight is 286 g/mol. The first-order valence-electron chi connectivity index (χ1n) is 9.11. The lowest BCUT2D eigenvalue weighted by molar-refractivity contribution is 0.0327. The van der Waals surface area contributed by atoms with Gasteiger partial charge in [0.15, 0.2) is 0 Å². The molecular weight excluding hydrogens is 246 g/mol. The zero-order chi connectivity index (χ0) is 15.1. The van der Waals surface area contributed by atoms with Gasteiger partial charge >= 0.3 is 0 Å². The van der Waals surface area contributed by atoms with Crippen LogP contribution in [0.3, 0.4) is 0 Å². The second-order valence-electron chi connectivity index (χ2n) is 6.29. The first kappa shape index (κ1) is 19.9. The van der Waals surface area contributed by atoms with Crippen molar-refractivity contribution in [3.05, 3.63) is 0 Å². The van der Waals surface area contributed by atoms with E-state index in [1.165, 1.54) is 64.2 Å². The van der Waals surface area contributed by atoms with Crippen LogP contribution < -0.4 is 5.32 Å². The van der Waals surface area contributed by atoms with Gasteiger partial charge in [0.05, 0.1) is 5.60 Å². The second-order valence-corrected chi connectivity index (χ2v) is 6.29. The van der Waals surface area contributed by atoms with Crippen LogP contribution in [0.15, 0.2) is 0 Å². The predicted molar refractivity (Wildman–Crippen MR) is 90.2 cm³/mol. The van der Waals surface area contributed by atoms with Gasteiger partial charge in [0.25, 0.3) is 0 Å². The van der Waals surface area contributed by atoms with Gasteiger partial charge < -0.3 is 10.4 Å². The number of unbranched alkanes of at least 4 members (excludes halogenated alkanes) is 9. The van der Waals surface area contributed by atoms with Crippen molar-refractivity contribution in [1.82, 2.24) is 5.32 Å². The fourth-order valence-corrected chi connectivity index (χ4v) is 2.56. The largest absolute Gasteiger partial charge is 0.389 e. The summed E-state index contributed by atoms with van der Waals surface area (Å²) in [5.41, 5.74) is -0.488. The maximum Gasteiger partial charge on any atom is 0.0766 e. The molecule has 0 heterocycles. The standard InChI is InChI=1S/C18H39NO/c1-4-7-8-9-10-11-12-13-14-15-16-19-17-18(20,5-2)6-3/h19-20H,4-17H2,1-3H3. The van der Waals surface area contributed by atoms with Crippen LogP contribution in [0.5, 0.6) is 0 Å². The molecule has 0 fully saturated rings. The Hall–Kier alpha value is -0.0800. The number of nitrogens with one attached hydrogen (secondary N) is 1. The van der Waals surface area contributed by atoms with Crippen LogP contribution in [0.1, 0.15) is 97.8 Å². The van der Waals surface area contributed by atoms with E-state index in [4.69, 9.17) is 0 Å². The molecule has 0 spiro atoms. The Kier molecular flexibility index (Phi) is 13.8. The lowest BCUT2D eigenvalue weighted by atomic mass is 9.97. The molecule has 122 valence electrons. The van der Waals surface area contributed by atoms with Crippen molar-refractivity contribution in [1.29, 1.82) is 0 Å². The van der Waals surface area contributed by atoms with Crippen molar-refractivity contribution in [2.45, 2.75) is 103 Å². The van der Waals surface area contributed by atoms with Crippen molar-refractivity contribution in [3.63, 3.8) is 0 Å². The van der Waals surface area contributed by atoms with E-state index in [-0.39, 0.29) is 0 Å². The van der Waals surface area contributed by atoms with Crippen molar-refractivity contribution in [2.75, 3.05) is 13.1 Å². The molecule has 0 bridgehead atoms. The highest BCUT2D eigenvalue weighted by Crippen LogP contribution is 2.13. The van der Waals surface area contributed by atoms with E-state index in [9.17, 15) is 5.11 Å². The normalized spacial score (nSPS) is 12.0. The van der Waals surface area contributed by atoms with Crippen molar-refractivity contribution >= 4 is 0 Å². The smallest absolute Gasteiger partial charge is 0.0766 e. The van der Waals surface area contributed by atoms with E-state index in [2.05, 4.69) is 26.1 Å². The molecule has 0 saturated heterocycles. The Labute approximate surface area is 127 Å². The zero-order valence-electron chi connectivity index (χ0n) is 14.3. The Morgan fingerprint density at radius 1 is 0.700 bits per heavy atom. The average Bonchev–Trinajstić information content (AvgIpc) is 2.48. The highest BCUT2D eigenvalue weighted by Gasteiger charge is 2.20. The summed E-state index contributed by atoms with van der Waals surface area (Å²) in [7, 11) is 0. The molecule has 20 heavy (non-hydrogen) atoms. The minimum absolute atomic E-state index is 0.488. The molecule has 0 aromatic carbocycles. The van der Waals surface area contributed by atoms with E-state index in [0.29, 0.717) is 0 Å². The summed E-state index contributed by atoms with van der Waals surface area (Å²) in [6, 6.07) is 0. The molecule has 0 saturated carbocycles. The van der Waals surface area contributed by atoms with Crippen LogP contribution in [0.25, 0.3) is 0 Å². The van der Waals surface area contributed by atoms with Crippen LogP contribution in [0.2, 0.25) is 0 Å². The molecule has 0 amide bonds. The van der Waals surface area contributed by atoms with Crippen LogP contribution in [0, 0.1) is 0 Å². The fourth-order valence-electron chi connectivity index (χ4n) is 2.56. The summed E-state index contributed by atoms with van der Waals surface area (Å²) >= 11 is 0. The van der Waals surface area contributed by atoms with Gasteiger partial charge in [-0.05, 0) is 25.8 Å². The van der Waals surface area contributed by atoms with Crippen LogP contribution in [-0.4, -0.2) is 23.8 Å². The minimum Gasteiger partial charge on any atom is -0.389 e. The van der Waals surface area contributed by atoms with E-state index in [1.54, 1.807) is 0 Å². The molecule has 0 atom stereocenters. The number of aliphatic hydroxyl groups is 1. The summed E-state index contributed by atoms with van der Waals surface area (Å²) in [5, 5.41) is 13.5. The molecule has 0 aromatic heterocycles. The molecule has 0 unspecified atom stereocenters. The molecule has 2 N–H and O–H groups in total. The van der Waals surface area contributed by atoms with Crippen molar-refractivity contribution in [2.24, 2.45) is 0 Å². The molecule has 2 nitrogen and oxygen atoms in total. The van der Waals surface area contributed by atoms with E-state index >= 15 is 0 Å². The van der Waals surface area contributed by atoms with Crippen molar-refractivity contribution in [3.8, 4) is 0 Å². The zero-order valence-corrected chi connectivity index (χ0v) is 14.3. The summed E-state index contributed by atoms with van der Waals surface area (Å²) in [5.74, 6) is 0. The highest BCUT2D eigenvalue weighted by atomic mass is 16.3. The van der Waals surface area contributed by atoms with Gasteiger partial charge in [-0.15, -0.1) is 0 Å². The van der Waals surface area contributed by atoms with E-state index < -0.39 is 5.60 Å². The Balaban J connectivity index is 3.17. The quantitative estimate of drug-likeness (QED) is 0.413. The van der Waals surface area contributed by atoms with Gasteiger partial charge in [0.1, 0.15) is 0 Å². The van der Waals surface area contributed by atoms with E-state index in [0.717, 1.165) is 25.9 Å². The molecule has 0 rings (SSSR count). The van der Waals surface area contributed by atoms with Gasteiger partial charge in [0, 0.05) is 6.54 Å². The number of rotatable bonds is 15. The first-order chi connectivity index (χ1) is 9.68. The lowest BCUT2D eigenvalue weighted by Gasteiger charge is -2.25. The number of hydrogen-bond donors (Lipinski definition) is 2. The maximum atomic E-state index is 10.1. The maximum absolute atomic E-state index is 10.1. The molecule has 0 aliphatic heterocycles. The van der Waals surface area contributed by atoms with Crippen LogP contribution in [0.4, 0.5) is 0 Å². The summed E-state index contributed by atoms with van der Waals surface area (Å²) in [4.78, 5) is 0. The van der Waals surface area contributed by atoms with Gasteiger partial charge in [0.2, 0.25) is 0 Å². The van der Waals surface area contributed by atoms with Gasteiger partial charge in [-0.2, -0.15) is 0 Å². The SMILES string of the molecule is CCCCCCCCCCCCNCC(O)(CC)CC. The Morgan fingerprint density at radius 3 is 1.60 bits per heavy atom. The lowest BCUT2D eigenvalue weighted by Crippen LogP contribution is -2.39. The molecule has 0 aromatic rings. The topological polar surface area (TPSA) is 32.3 Å². The monoisotopic (exact) mass is 285 g/mol. The summed E-state index contributed by atoms with van der Waals surface area (Å²) in [6.45, 7) is 8.20.